The highest BCUT2D eigenvalue weighted by Gasteiger charge is 2.12. The maximum atomic E-state index is 12.3. The molecule has 0 aliphatic rings. The van der Waals surface area contributed by atoms with Crippen molar-refractivity contribution in [2.24, 2.45) is 0 Å². The Hall–Kier alpha value is -2.99. The summed E-state index contributed by atoms with van der Waals surface area (Å²) in [6, 6.07) is 11.5. The lowest BCUT2D eigenvalue weighted by molar-refractivity contribution is -0.116. The van der Waals surface area contributed by atoms with Crippen molar-refractivity contribution in [1.29, 1.82) is 0 Å². The molecule has 158 valence electrons. The Bertz CT molecular complexity index is 1060. The molecule has 1 heterocycles. The van der Waals surface area contributed by atoms with Gasteiger partial charge in [0.2, 0.25) is 5.91 Å². The van der Waals surface area contributed by atoms with E-state index in [1.54, 1.807) is 25.3 Å². The van der Waals surface area contributed by atoms with Crippen molar-refractivity contribution in [3.63, 3.8) is 0 Å². The first-order valence-corrected chi connectivity index (χ1v) is 10.4. The van der Waals surface area contributed by atoms with Gasteiger partial charge in [0.1, 0.15) is 5.82 Å². The average molecular weight is 428 g/mol. The summed E-state index contributed by atoms with van der Waals surface area (Å²) >= 11 is 6.33. The molecular formula is C23H26ClN3O3. The quantitative estimate of drug-likeness (QED) is 0.496. The molecule has 0 radical (unpaired) electrons. The number of methoxy groups -OCH3 is 1. The van der Waals surface area contributed by atoms with Crippen LogP contribution in [0, 0.1) is 0 Å². The Morgan fingerprint density at radius 3 is 2.80 bits per heavy atom. The summed E-state index contributed by atoms with van der Waals surface area (Å²) in [6.07, 6.45) is 4.03. The van der Waals surface area contributed by atoms with Crippen LogP contribution in [-0.4, -0.2) is 29.2 Å². The minimum absolute atomic E-state index is 0.217. The van der Waals surface area contributed by atoms with Crippen molar-refractivity contribution >= 4 is 34.6 Å². The lowest BCUT2D eigenvalue weighted by Gasteiger charge is -2.12. The Kier molecular flexibility index (Phi) is 7.36. The van der Waals surface area contributed by atoms with Crippen LogP contribution in [0.4, 0.5) is 0 Å². The van der Waals surface area contributed by atoms with Crippen LogP contribution in [0.25, 0.3) is 17.1 Å². The molecule has 0 spiro atoms. The van der Waals surface area contributed by atoms with Crippen LogP contribution >= 0.6 is 11.6 Å². The summed E-state index contributed by atoms with van der Waals surface area (Å²) in [5.41, 5.74) is 2.73. The molecular weight excluding hydrogens is 402 g/mol. The largest absolute Gasteiger partial charge is 0.493 e. The minimum Gasteiger partial charge on any atom is -0.493 e. The highest BCUT2D eigenvalue weighted by molar-refractivity contribution is 6.32. The van der Waals surface area contributed by atoms with Crippen LogP contribution < -0.4 is 14.8 Å². The number of hydrogen-bond donors (Lipinski definition) is 1. The summed E-state index contributed by atoms with van der Waals surface area (Å²) in [4.78, 5) is 16.9. The lowest BCUT2D eigenvalue weighted by atomic mass is 10.2. The molecule has 0 fully saturated rings. The standard InChI is InChI=1S/C23H26ClN3O3/c1-4-12-30-23-17(24)13-16(14-20(23)29-3)10-11-22(28)25-15-21-26-18-8-6-7-9-19(18)27(21)5-2/h6-11,13-14H,4-5,12,15H2,1-3H3,(H,25,28)/b11-10+. The van der Waals surface area contributed by atoms with Crippen molar-refractivity contribution in [3.8, 4) is 11.5 Å². The maximum Gasteiger partial charge on any atom is 0.244 e. The van der Waals surface area contributed by atoms with Crippen LogP contribution in [0.2, 0.25) is 5.02 Å². The van der Waals surface area contributed by atoms with Crippen molar-refractivity contribution in [3.05, 3.63) is 58.9 Å². The zero-order chi connectivity index (χ0) is 21.5. The van der Waals surface area contributed by atoms with E-state index in [2.05, 4.69) is 21.8 Å². The summed E-state index contributed by atoms with van der Waals surface area (Å²) in [6.45, 7) is 5.76. The van der Waals surface area contributed by atoms with E-state index in [4.69, 9.17) is 21.1 Å². The van der Waals surface area contributed by atoms with Gasteiger partial charge in [0.05, 0.1) is 36.3 Å². The van der Waals surface area contributed by atoms with Crippen LogP contribution in [0.3, 0.4) is 0 Å². The summed E-state index contributed by atoms with van der Waals surface area (Å²) in [5, 5.41) is 3.33. The smallest absolute Gasteiger partial charge is 0.244 e. The number of amides is 1. The zero-order valence-electron chi connectivity index (χ0n) is 17.4. The van der Waals surface area contributed by atoms with Crippen molar-refractivity contribution in [2.45, 2.75) is 33.4 Å². The van der Waals surface area contributed by atoms with Crippen LogP contribution in [0.1, 0.15) is 31.7 Å². The number of ether oxygens (including phenoxy) is 2. The predicted molar refractivity (Wildman–Crippen MR) is 120 cm³/mol. The molecule has 0 saturated carbocycles. The van der Waals surface area contributed by atoms with E-state index in [1.807, 2.05) is 31.2 Å². The van der Waals surface area contributed by atoms with Gasteiger partial charge in [-0.3, -0.25) is 4.79 Å². The molecule has 2 aromatic carbocycles. The third-order valence-corrected chi connectivity index (χ3v) is 4.88. The number of hydrogen-bond acceptors (Lipinski definition) is 4. The number of rotatable bonds is 9. The molecule has 0 aliphatic heterocycles. The van der Waals surface area contributed by atoms with Gasteiger partial charge in [-0.25, -0.2) is 4.98 Å². The van der Waals surface area contributed by atoms with Gasteiger partial charge in [-0.1, -0.05) is 30.7 Å². The van der Waals surface area contributed by atoms with E-state index < -0.39 is 0 Å². The van der Waals surface area contributed by atoms with E-state index in [0.717, 1.165) is 35.4 Å². The van der Waals surface area contributed by atoms with Crippen LogP contribution in [0.15, 0.2) is 42.5 Å². The Labute approximate surface area is 181 Å². The predicted octanol–water partition coefficient (Wildman–Crippen LogP) is 4.84. The lowest BCUT2D eigenvalue weighted by Crippen LogP contribution is -2.22. The normalized spacial score (nSPS) is 11.2. The second kappa shape index (κ2) is 10.2. The summed E-state index contributed by atoms with van der Waals surface area (Å²) in [5.74, 6) is 1.66. The average Bonchev–Trinajstić information content (AvgIpc) is 3.12. The number of halogens is 1. The highest BCUT2D eigenvalue weighted by atomic mass is 35.5. The van der Waals surface area contributed by atoms with Crippen LogP contribution in [0.5, 0.6) is 11.5 Å². The molecule has 1 aromatic heterocycles. The first-order valence-electron chi connectivity index (χ1n) is 9.97. The van der Waals surface area contributed by atoms with Gasteiger partial charge >= 0.3 is 0 Å². The fourth-order valence-corrected chi connectivity index (χ4v) is 3.46. The number of nitrogens with zero attached hydrogens (tertiary/aromatic N) is 2. The van der Waals surface area contributed by atoms with Gasteiger partial charge in [0.15, 0.2) is 11.5 Å². The molecule has 7 heteroatoms. The number of carbonyl (C=O) groups excluding carboxylic acids is 1. The monoisotopic (exact) mass is 427 g/mol. The van der Waals surface area contributed by atoms with E-state index >= 15 is 0 Å². The third-order valence-electron chi connectivity index (χ3n) is 4.60. The number of aryl methyl sites for hydroxylation is 1. The number of benzene rings is 2. The Morgan fingerprint density at radius 2 is 2.07 bits per heavy atom. The fraction of sp³-hybridized carbons (Fsp3) is 0.304. The van der Waals surface area contributed by atoms with Gasteiger partial charge in [-0.2, -0.15) is 0 Å². The molecule has 0 saturated heterocycles. The van der Waals surface area contributed by atoms with Crippen molar-refractivity contribution < 1.29 is 14.3 Å². The summed E-state index contributed by atoms with van der Waals surface area (Å²) < 4.78 is 13.1. The molecule has 1 amide bonds. The third kappa shape index (κ3) is 4.94. The molecule has 1 N–H and O–H groups in total. The zero-order valence-corrected chi connectivity index (χ0v) is 18.2. The number of nitrogens with one attached hydrogen (secondary N) is 1. The van der Waals surface area contributed by atoms with Crippen molar-refractivity contribution in [1.82, 2.24) is 14.9 Å². The van der Waals surface area contributed by atoms with Gasteiger partial charge in [-0.15, -0.1) is 0 Å². The first kappa shape index (κ1) is 21.7. The number of carbonyl (C=O) groups is 1. The topological polar surface area (TPSA) is 65.4 Å². The Morgan fingerprint density at radius 1 is 1.27 bits per heavy atom. The number of para-hydroxylation sites is 2. The number of aromatic nitrogens is 2. The second-order valence-electron chi connectivity index (χ2n) is 6.69. The van der Waals surface area contributed by atoms with Crippen molar-refractivity contribution in [2.75, 3.05) is 13.7 Å². The van der Waals surface area contributed by atoms with E-state index in [-0.39, 0.29) is 5.91 Å². The fourth-order valence-electron chi connectivity index (χ4n) is 3.19. The highest BCUT2D eigenvalue weighted by Crippen LogP contribution is 2.36. The SMILES string of the molecule is CCCOc1c(Cl)cc(/C=C/C(=O)NCc2nc3ccccc3n2CC)cc1OC. The molecule has 0 atom stereocenters. The molecule has 3 aromatic rings. The molecule has 0 unspecified atom stereocenters. The number of imidazole rings is 1. The van der Waals surface area contributed by atoms with Gasteiger partial charge < -0.3 is 19.4 Å². The minimum atomic E-state index is -0.217. The Balaban J connectivity index is 1.68. The number of fused-ring (bicyclic) bond motifs is 1. The van der Waals surface area contributed by atoms with E-state index in [1.165, 1.54) is 6.08 Å². The van der Waals surface area contributed by atoms with Gasteiger partial charge in [0, 0.05) is 12.6 Å². The molecule has 0 aliphatic carbocycles. The molecule has 30 heavy (non-hydrogen) atoms. The summed E-state index contributed by atoms with van der Waals surface area (Å²) in [7, 11) is 1.56. The van der Waals surface area contributed by atoms with E-state index in [9.17, 15) is 4.79 Å². The molecule has 6 nitrogen and oxygen atoms in total. The van der Waals surface area contributed by atoms with E-state index in [0.29, 0.717) is 29.7 Å². The second-order valence-corrected chi connectivity index (χ2v) is 7.10. The maximum absolute atomic E-state index is 12.3. The van der Waals surface area contributed by atoms with Gasteiger partial charge in [-0.05, 0) is 49.2 Å². The first-order chi connectivity index (χ1) is 14.6. The van der Waals surface area contributed by atoms with Gasteiger partial charge in [0.25, 0.3) is 0 Å². The molecule has 0 bridgehead atoms. The molecule has 3 rings (SSSR count). The van der Waals surface area contributed by atoms with Crippen LogP contribution in [-0.2, 0) is 17.9 Å².